The molecule has 6 nitrogen and oxygen atoms in total. The molecule has 1 aliphatic rings. The highest BCUT2D eigenvalue weighted by atomic mass is 16.7. The zero-order valence-corrected chi connectivity index (χ0v) is 9.93. The Labute approximate surface area is 94.9 Å². The zero-order valence-electron chi connectivity index (χ0n) is 9.93. The minimum Gasteiger partial charge on any atom is -0.348 e. The number of aromatic nitrogens is 3. The fraction of sp³-hybridized carbons (Fsp3) is 0.800. The van der Waals surface area contributed by atoms with Crippen LogP contribution in [0.4, 0.5) is 0 Å². The molecule has 1 atom stereocenters. The van der Waals surface area contributed by atoms with Crippen LogP contribution in [0.25, 0.3) is 0 Å². The van der Waals surface area contributed by atoms with Gasteiger partial charge in [-0.15, -0.1) is 5.10 Å². The summed E-state index contributed by atoms with van der Waals surface area (Å²) >= 11 is 0. The number of rotatable bonds is 4. The lowest BCUT2D eigenvalue weighted by Crippen LogP contribution is -2.30. The molecule has 90 valence electrons. The molecule has 0 amide bonds. The van der Waals surface area contributed by atoms with E-state index in [1.807, 2.05) is 20.9 Å². The Kier molecular flexibility index (Phi) is 3.22. The number of aryl methyl sites for hydroxylation is 1. The molecule has 1 saturated heterocycles. The number of nitrogens with one attached hydrogen (secondary N) is 1. The van der Waals surface area contributed by atoms with Gasteiger partial charge in [-0.1, -0.05) is 5.21 Å². The SMILES string of the molecule is Cn1nncc1CNCC1COC(C)(C)O1. The molecule has 0 aliphatic carbocycles. The van der Waals surface area contributed by atoms with Gasteiger partial charge in [0.1, 0.15) is 0 Å². The van der Waals surface area contributed by atoms with Crippen LogP contribution in [0.3, 0.4) is 0 Å². The van der Waals surface area contributed by atoms with Gasteiger partial charge >= 0.3 is 0 Å². The average molecular weight is 226 g/mol. The Bertz CT molecular complexity index is 350. The minimum absolute atomic E-state index is 0.121. The Hall–Kier alpha value is -0.980. The van der Waals surface area contributed by atoms with Crippen molar-refractivity contribution in [2.24, 2.45) is 7.05 Å². The summed E-state index contributed by atoms with van der Waals surface area (Å²) in [7, 11) is 1.88. The van der Waals surface area contributed by atoms with Crippen LogP contribution >= 0.6 is 0 Å². The van der Waals surface area contributed by atoms with E-state index in [1.165, 1.54) is 0 Å². The fourth-order valence-electron chi connectivity index (χ4n) is 1.70. The summed E-state index contributed by atoms with van der Waals surface area (Å²) in [5.74, 6) is -0.444. The van der Waals surface area contributed by atoms with Crippen molar-refractivity contribution in [3.63, 3.8) is 0 Å². The number of hydrogen-bond acceptors (Lipinski definition) is 5. The van der Waals surface area contributed by atoms with Crippen molar-refractivity contribution in [3.05, 3.63) is 11.9 Å². The number of ether oxygens (including phenoxy) is 2. The lowest BCUT2D eigenvalue weighted by atomic mass is 10.3. The molecule has 2 heterocycles. The maximum absolute atomic E-state index is 5.68. The first kappa shape index (κ1) is 11.5. The van der Waals surface area contributed by atoms with Crippen LogP contribution < -0.4 is 5.32 Å². The van der Waals surface area contributed by atoms with Crippen LogP contribution in [0, 0.1) is 0 Å². The summed E-state index contributed by atoms with van der Waals surface area (Å²) in [6.45, 7) is 6.01. The van der Waals surface area contributed by atoms with E-state index in [-0.39, 0.29) is 6.10 Å². The topological polar surface area (TPSA) is 61.2 Å². The summed E-state index contributed by atoms with van der Waals surface area (Å²) in [6.07, 6.45) is 1.87. The molecular weight excluding hydrogens is 208 g/mol. The monoisotopic (exact) mass is 226 g/mol. The summed E-state index contributed by atoms with van der Waals surface area (Å²) in [5, 5.41) is 11.0. The molecular formula is C10H18N4O2. The van der Waals surface area contributed by atoms with E-state index >= 15 is 0 Å². The van der Waals surface area contributed by atoms with E-state index in [0.29, 0.717) is 6.61 Å². The highest BCUT2D eigenvalue weighted by Gasteiger charge is 2.32. The second-order valence-corrected chi connectivity index (χ2v) is 4.43. The highest BCUT2D eigenvalue weighted by Crippen LogP contribution is 2.21. The van der Waals surface area contributed by atoms with Crippen LogP contribution in [-0.2, 0) is 23.1 Å². The minimum atomic E-state index is -0.444. The van der Waals surface area contributed by atoms with Crippen LogP contribution in [-0.4, -0.2) is 40.0 Å². The lowest BCUT2D eigenvalue weighted by molar-refractivity contribution is -0.137. The van der Waals surface area contributed by atoms with E-state index in [1.54, 1.807) is 10.9 Å². The second kappa shape index (κ2) is 4.48. The van der Waals surface area contributed by atoms with E-state index < -0.39 is 5.79 Å². The second-order valence-electron chi connectivity index (χ2n) is 4.43. The number of nitrogens with zero attached hydrogens (tertiary/aromatic N) is 3. The molecule has 0 aromatic carbocycles. The molecule has 16 heavy (non-hydrogen) atoms. The molecule has 1 aromatic heterocycles. The van der Waals surface area contributed by atoms with Gasteiger partial charge in [0.25, 0.3) is 0 Å². The summed E-state index contributed by atoms with van der Waals surface area (Å²) in [4.78, 5) is 0. The predicted octanol–water partition coefficient (Wildman–Crippen LogP) is 0.0562. The molecule has 2 rings (SSSR count). The van der Waals surface area contributed by atoms with Crippen molar-refractivity contribution in [3.8, 4) is 0 Å². The Morgan fingerprint density at radius 1 is 1.62 bits per heavy atom. The van der Waals surface area contributed by atoms with Gasteiger partial charge in [-0.05, 0) is 13.8 Å². The third-order valence-corrected chi connectivity index (χ3v) is 2.55. The molecule has 6 heteroatoms. The van der Waals surface area contributed by atoms with Gasteiger partial charge in [0.2, 0.25) is 0 Å². The third kappa shape index (κ3) is 2.78. The predicted molar refractivity (Wildman–Crippen MR) is 57.6 cm³/mol. The molecule has 0 bridgehead atoms. The molecule has 0 radical (unpaired) electrons. The third-order valence-electron chi connectivity index (χ3n) is 2.55. The molecule has 0 spiro atoms. The summed E-state index contributed by atoms with van der Waals surface area (Å²) < 4.78 is 12.9. The molecule has 1 fully saturated rings. The van der Waals surface area contributed by atoms with Gasteiger partial charge in [-0.25, -0.2) is 0 Å². The quantitative estimate of drug-likeness (QED) is 0.786. The Balaban J connectivity index is 1.71. The first-order chi connectivity index (χ1) is 7.57. The Morgan fingerprint density at radius 3 is 3.00 bits per heavy atom. The van der Waals surface area contributed by atoms with Crippen molar-refractivity contribution in [1.82, 2.24) is 20.3 Å². The van der Waals surface area contributed by atoms with Crippen LogP contribution in [0.1, 0.15) is 19.5 Å². The molecule has 1 aromatic rings. The largest absolute Gasteiger partial charge is 0.348 e. The summed E-state index contributed by atoms with van der Waals surface area (Å²) in [6, 6.07) is 0. The van der Waals surface area contributed by atoms with Crippen LogP contribution in [0.15, 0.2) is 6.20 Å². The smallest absolute Gasteiger partial charge is 0.163 e. The summed E-state index contributed by atoms with van der Waals surface area (Å²) in [5.41, 5.74) is 1.05. The lowest BCUT2D eigenvalue weighted by Gasteiger charge is -2.17. The maximum atomic E-state index is 5.68. The highest BCUT2D eigenvalue weighted by molar-refractivity contribution is 4.92. The maximum Gasteiger partial charge on any atom is 0.163 e. The standard InChI is InChI=1S/C10H18N4O2/c1-10(2)15-7-9(16-10)6-11-4-8-5-12-13-14(8)3/h5,9,11H,4,6-7H2,1-3H3. The van der Waals surface area contributed by atoms with Crippen LogP contribution in [0.2, 0.25) is 0 Å². The van der Waals surface area contributed by atoms with Gasteiger partial charge in [-0.3, -0.25) is 4.68 Å². The Morgan fingerprint density at radius 2 is 2.44 bits per heavy atom. The first-order valence-electron chi connectivity index (χ1n) is 5.43. The van der Waals surface area contributed by atoms with Crippen molar-refractivity contribution >= 4 is 0 Å². The van der Waals surface area contributed by atoms with E-state index in [2.05, 4.69) is 15.6 Å². The van der Waals surface area contributed by atoms with Crippen molar-refractivity contribution in [2.45, 2.75) is 32.3 Å². The van der Waals surface area contributed by atoms with Gasteiger partial charge in [-0.2, -0.15) is 0 Å². The molecule has 1 unspecified atom stereocenters. The molecule has 1 N–H and O–H groups in total. The van der Waals surface area contributed by atoms with E-state index in [0.717, 1.165) is 18.8 Å². The normalized spacial score (nSPS) is 23.8. The average Bonchev–Trinajstić information content (AvgIpc) is 2.74. The van der Waals surface area contributed by atoms with Gasteiger partial charge in [0.05, 0.1) is 24.6 Å². The molecule has 1 aliphatic heterocycles. The van der Waals surface area contributed by atoms with Gasteiger partial charge < -0.3 is 14.8 Å². The van der Waals surface area contributed by atoms with Gasteiger partial charge in [0, 0.05) is 20.1 Å². The van der Waals surface area contributed by atoms with Crippen molar-refractivity contribution < 1.29 is 9.47 Å². The number of hydrogen-bond donors (Lipinski definition) is 1. The molecule has 0 saturated carbocycles. The van der Waals surface area contributed by atoms with Crippen molar-refractivity contribution in [2.75, 3.05) is 13.2 Å². The van der Waals surface area contributed by atoms with Crippen LogP contribution in [0.5, 0.6) is 0 Å². The van der Waals surface area contributed by atoms with Gasteiger partial charge in [0.15, 0.2) is 5.79 Å². The van der Waals surface area contributed by atoms with Crippen molar-refractivity contribution in [1.29, 1.82) is 0 Å². The first-order valence-corrected chi connectivity index (χ1v) is 5.43. The fourth-order valence-corrected chi connectivity index (χ4v) is 1.70. The van der Waals surface area contributed by atoms with E-state index in [9.17, 15) is 0 Å². The van der Waals surface area contributed by atoms with E-state index in [4.69, 9.17) is 9.47 Å². The zero-order chi connectivity index (χ0) is 11.6.